The van der Waals surface area contributed by atoms with Crippen molar-refractivity contribution in [2.75, 3.05) is 0 Å². The highest BCUT2D eigenvalue weighted by molar-refractivity contribution is 7.90. The molecule has 3 nitrogen and oxygen atoms in total. The topological polar surface area (TPSA) is 46.5 Å². The van der Waals surface area contributed by atoms with Crippen molar-refractivity contribution in [3.8, 4) is 0 Å². The Hall–Kier alpha value is -1.59. The van der Waals surface area contributed by atoms with Gasteiger partial charge in [-0.05, 0) is 23.8 Å². The van der Waals surface area contributed by atoms with E-state index < -0.39 is 10.0 Å². The van der Waals surface area contributed by atoms with Crippen molar-refractivity contribution in [2.45, 2.75) is 4.90 Å². The molecule has 0 radical (unpaired) electrons. The standard InChI is InChI=1S/C13H11BClNO2S/c14-11-6-4-10(5-7-11)9-16-19(17,18)13-3-1-2-12(15)8-13/h1-9H,14H2/b16-9+. The average molecular weight is 292 g/mol. The summed E-state index contributed by atoms with van der Waals surface area (Å²) in [5, 5.41) is 0.367. The highest BCUT2D eigenvalue weighted by Crippen LogP contribution is 2.17. The number of rotatable bonds is 3. The van der Waals surface area contributed by atoms with Crippen molar-refractivity contribution in [1.82, 2.24) is 0 Å². The van der Waals surface area contributed by atoms with Gasteiger partial charge in [0.2, 0.25) is 0 Å². The number of hydrogen-bond acceptors (Lipinski definition) is 2. The van der Waals surface area contributed by atoms with Crippen LogP contribution in [0.4, 0.5) is 0 Å². The lowest BCUT2D eigenvalue weighted by Gasteiger charge is -1.99. The van der Waals surface area contributed by atoms with Crippen LogP contribution in [0.3, 0.4) is 0 Å². The fourth-order valence-electron chi connectivity index (χ4n) is 1.47. The molecular formula is C13H11BClNO2S. The summed E-state index contributed by atoms with van der Waals surface area (Å²) in [6.45, 7) is 0. The molecule has 0 aliphatic heterocycles. The van der Waals surface area contributed by atoms with Crippen LogP contribution >= 0.6 is 11.6 Å². The van der Waals surface area contributed by atoms with Gasteiger partial charge in [0.1, 0.15) is 7.85 Å². The van der Waals surface area contributed by atoms with E-state index in [1.807, 2.05) is 32.1 Å². The first kappa shape index (κ1) is 13.8. The van der Waals surface area contributed by atoms with Crippen LogP contribution in [-0.2, 0) is 10.0 Å². The molecule has 0 fully saturated rings. The zero-order valence-corrected chi connectivity index (χ0v) is 11.8. The number of nitrogens with zero attached hydrogens (tertiary/aromatic N) is 1. The first-order chi connectivity index (χ1) is 8.97. The van der Waals surface area contributed by atoms with Gasteiger partial charge in [0.05, 0.1) is 4.90 Å². The molecule has 0 saturated carbocycles. The Morgan fingerprint density at radius 2 is 1.79 bits per heavy atom. The van der Waals surface area contributed by atoms with E-state index in [1.54, 1.807) is 12.1 Å². The fraction of sp³-hybridized carbons (Fsp3) is 0. The molecule has 2 rings (SSSR count). The minimum atomic E-state index is -3.71. The zero-order valence-electron chi connectivity index (χ0n) is 10.2. The van der Waals surface area contributed by atoms with E-state index in [0.717, 1.165) is 11.0 Å². The summed E-state index contributed by atoms with van der Waals surface area (Å²) in [5.74, 6) is 0. The van der Waals surface area contributed by atoms with E-state index >= 15 is 0 Å². The van der Waals surface area contributed by atoms with E-state index in [-0.39, 0.29) is 4.90 Å². The van der Waals surface area contributed by atoms with Crippen LogP contribution in [0.5, 0.6) is 0 Å². The molecular weight excluding hydrogens is 280 g/mol. The molecule has 0 saturated heterocycles. The van der Waals surface area contributed by atoms with Crippen LogP contribution in [0.2, 0.25) is 5.02 Å². The van der Waals surface area contributed by atoms with Gasteiger partial charge in [-0.25, -0.2) is 0 Å². The molecule has 0 atom stereocenters. The molecule has 0 aliphatic rings. The van der Waals surface area contributed by atoms with Crippen molar-refractivity contribution in [3.05, 3.63) is 59.1 Å². The molecule has 0 N–H and O–H groups in total. The van der Waals surface area contributed by atoms with Gasteiger partial charge in [0.15, 0.2) is 0 Å². The second-order valence-electron chi connectivity index (χ2n) is 4.08. The van der Waals surface area contributed by atoms with Crippen molar-refractivity contribution in [2.24, 2.45) is 4.40 Å². The van der Waals surface area contributed by atoms with Crippen molar-refractivity contribution in [1.29, 1.82) is 0 Å². The molecule has 2 aromatic rings. The SMILES string of the molecule is Bc1ccc(/C=N/S(=O)(=O)c2cccc(Cl)c2)cc1. The number of sulfonamides is 1. The first-order valence-corrected chi connectivity index (χ1v) is 7.42. The number of hydrogen-bond donors (Lipinski definition) is 0. The molecule has 0 heterocycles. The minimum absolute atomic E-state index is 0.0864. The molecule has 6 heteroatoms. The van der Waals surface area contributed by atoms with Crippen molar-refractivity contribution >= 4 is 41.1 Å². The van der Waals surface area contributed by atoms with Crippen LogP contribution in [0.25, 0.3) is 0 Å². The summed E-state index contributed by atoms with van der Waals surface area (Å²) < 4.78 is 27.6. The van der Waals surface area contributed by atoms with Crippen LogP contribution in [0, 0.1) is 0 Å². The average Bonchev–Trinajstić information content (AvgIpc) is 2.38. The predicted molar refractivity (Wildman–Crippen MR) is 80.9 cm³/mol. The molecule has 2 aromatic carbocycles. The Bertz CT molecular complexity index is 712. The first-order valence-electron chi connectivity index (χ1n) is 5.60. The molecule has 0 spiro atoms. The summed E-state index contributed by atoms with van der Waals surface area (Å²) in [6.07, 6.45) is 1.33. The normalized spacial score (nSPS) is 11.8. The van der Waals surface area contributed by atoms with Crippen LogP contribution in [0.15, 0.2) is 57.8 Å². The third-order valence-corrected chi connectivity index (χ3v) is 3.98. The Morgan fingerprint density at radius 3 is 2.42 bits per heavy atom. The highest BCUT2D eigenvalue weighted by Gasteiger charge is 2.11. The second-order valence-corrected chi connectivity index (χ2v) is 6.15. The van der Waals surface area contributed by atoms with E-state index in [2.05, 4.69) is 4.40 Å². The molecule has 0 aliphatic carbocycles. The Labute approximate surface area is 118 Å². The summed E-state index contributed by atoms with van der Waals surface area (Å²) in [6, 6.07) is 13.5. The highest BCUT2D eigenvalue weighted by atomic mass is 35.5. The summed E-state index contributed by atoms with van der Waals surface area (Å²) in [7, 11) is -1.74. The molecule has 96 valence electrons. The van der Waals surface area contributed by atoms with Gasteiger partial charge in [0, 0.05) is 11.2 Å². The summed E-state index contributed by atoms with van der Waals surface area (Å²) in [4.78, 5) is 0.0864. The van der Waals surface area contributed by atoms with Gasteiger partial charge in [-0.15, -0.1) is 0 Å². The quantitative estimate of drug-likeness (QED) is 0.634. The molecule has 0 bridgehead atoms. The van der Waals surface area contributed by atoms with Gasteiger partial charge in [-0.3, -0.25) is 0 Å². The fourth-order valence-corrected chi connectivity index (χ4v) is 2.63. The maximum Gasteiger partial charge on any atom is 0.282 e. The zero-order chi connectivity index (χ0) is 13.9. The lowest BCUT2D eigenvalue weighted by atomic mass is 9.96. The third-order valence-electron chi connectivity index (χ3n) is 2.51. The van der Waals surface area contributed by atoms with E-state index in [0.29, 0.717) is 5.02 Å². The smallest absolute Gasteiger partial charge is 0.199 e. The van der Waals surface area contributed by atoms with Gasteiger partial charge in [-0.1, -0.05) is 47.4 Å². The number of benzene rings is 2. The van der Waals surface area contributed by atoms with Gasteiger partial charge >= 0.3 is 0 Å². The predicted octanol–water partition coefficient (Wildman–Crippen LogP) is 1.41. The van der Waals surface area contributed by atoms with Crippen LogP contribution < -0.4 is 5.46 Å². The molecule has 19 heavy (non-hydrogen) atoms. The maximum absolute atomic E-state index is 12.0. The monoisotopic (exact) mass is 291 g/mol. The second kappa shape index (κ2) is 5.59. The Morgan fingerprint density at radius 1 is 1.11 bits per heavy atom. The third kappa shape index (κ3) is 3.69. The van der Waals surface area contributed by atoms with Crippen molar-refractivity contribution in [3.63, 3.8) is 0 Å². The summed E-state index contributed by atoms with van der Waals surface area (Å²) in [5.41, 5.74) is 1.84. The minimum Gasteiger partial charge on any atom is -0.199 e. The van der Waals surface area contributed by atoms with Crippen LogP contribution in [0.1, 0.15) is 5.56 Å². The van der Waals surface area contributed by atoms with Crippen LogP contribution in [-0.4, -0.2) is 22.5 Å². The molecule has 0 aromatic heterocycles. The summed E-state index contributed by atoms with van der Waals surface area (Å²) >= 11 is 5.77. The maximum atomic E-state index is 12.0. The lowest BCUT2D eigenvalue weighted by molar-refractivity contribution is 0.598. The van der Waals surface area contributed by atoms with E-state index in [1.165, 1.54) is 18.3 Å². The molecule has 0 unspecified atom stereocenters. The van der Waals surface area contributed by atoms with Gasteiger partial charge < -0.3 is 0 Å². The van der Waals surface area contributed by atoms with Gasteiger partial charge in [-0.2, -0.15) is 12.8 Å². The Balaban J connectivity index is 2.29. The largest absolute Gasteiger partial charge is 0.282 e. The van der Waals surface area contributed by atoms with Gasteiger partial charge in [0.25, 0.3) is 10.0 Å². The van der Waals surface area contributed by atoms with E-state index in [9.17, 15) is 8.42 Å². The van der Waals surface area contributed by atoms with Crippen molar-refractivity contribution < 1.29 is 8.42 Å². The Kier molecular flexibility index (Phi) is 4.07. The van der Waals surface area contributed by atoms with E-state index in [4.69, 9.17) is 11.6 Å². The molecule has 0 amide bonds. The lowest BCUT2D eigenvalue weighted by Crippen LogP contribution is -2.01. The number of halogens is 1.